The summed E-state index contributed by atoms with van der Waals surface area (Å²) in [5, 5.41) is 3.26. The van der Waals surface area contributed by atoms with Crippen molar-refractivity contribution in [3.8, 4) is 0 Å². The number of hydrogen-bond acceptors (Lipinski definition) is 4. The van der Waals surface area contributed by atoms with Crippen molar-refractivity contribution in [2.45, 2.75) is 56.4 Å². The molecule has 4 saturated carbocycles. The van der Waals surface area contributed by atoms with Gasteiger partial charge in [0.2, 0.25) is 0 Å². The van der Waals surface area contributed by atoms with Gasteiger partial charge >= 0.3 is 5.69 Å². The zero-order chi connectivity index (χ0) is 24.4. The van der Waals surface area contributed by atoms with Crippen molar-refractivity contribution in [1.29, 1.82) is 0 Å². The second-order valence-electron chi connectivity index (χ2n) is 10.9. The Morgan fingerprint density at radius 1 is 0.943 bits per heavy atom. The predicted octanol–water partition coefficient (Wildman–Crippen LogP) is 3.99. The molecule has 7 rings (SSSR count). The van der Waals surface area contributed by atoms with Crippen molar-refractivity contribution in [2.24, 2.45) is 23.2 Å². The van der Waals surface area contributed by atoms with Crippen LogP contribution in [0.4, 0.5) is 5.69 Å². The number of anilines is 1. The highest BCUT2D eigenvalue weighted by molar-refractivity contribution is 7.92. The van der Waals surface area contributed by atoms with Gasteiger partial charge in [-0.15, -0.1) is 0 Å². The van der Waals surface area contributed by atoms with Crippen LogP contribution in [-0.2, 0) is 10.0 Å². The van der Waals surface area contributed by atoms with Gasteiger partial charge in [-0.3, -0.25) is 9.52 Å². The van der Waals surface area contributed by atoms with E-state index in [1.54, 1.807) is 30.3 Å². The molecule has 4 bridgehead atoms. The summed E-state index contributed by atoms with van der Waals surface area (Å²) in [4.78, 5) is 29.6. The fourth-order valence-corrected chi connectivity index (χ4v) is 8.31. The molecule has 1 atom stereocenters. The van der Waals surface area contributed by atoms with Gasteiger partial charge in [-0.05, 0) is 111 Å². The first-order valence-corrected chi connectivity index (χ1v) is 13.8. The van der Waals surface area contributed by atoms with Crippen molar-refractivity contribution < 1.29 is 13.2 Å². The first kappa shape index (κ1) is 22.4. The molecule has 0 radical (unpaired) electrons. The van der Waals surface area contributed by atoms with E-state index < -0.39 is 15.7 Å². The van der Waals surface area contributed by atoms with E-state index in [9.17, 15) is 18.0 Å². The lowest BCUT2D eigenvalue weighted by Crippen LogP contribution is -2.55. The molecule has 1 amide bonds. The topological polar surface area (TPSA) is 124 Å². The van der Waals surface area contributed by atoms with E-state index in [0.29, 0.717) is 22.3 Å². The summed E-state index contributed by atoms with van der Waals surface area (Å²) in [6, 6.07) is 11.0. The lowest BCUT2D eigenvalue weighted by Gasteiger charge is -2.59. The number of carbonyl (C=O) groups is 1. The fraction of sp³-hybridized carbons (Fsp3) is 0.462. The van der Waals surface area contributed by atoms with Crippen LogP contribution in [-0.4, -0.2) is 30.3 Å². The maximum absolute atomic E-state index is 13.0. The minimum atomic E-state index is -3.86. The van der Waals surface area contributed by atoms with Gasteiger partial charge in [0.25, 0.3) is 15.9 Å². The molecule has 8 nitrogen and oxygen atoms in total. The van der Waals surface area contributed by atoms with Crippen molar-refractivity contribution in [2.75, 3.05) is 4.72 Å². The van der Waals surface area contributed by atoms with Gasteiger partial charge in [-0.1, -0.05) is 0 Å². The molecule has 4 aliphatic carbocycles. The molecule has 4 aliphatic rings. The van der Waals surface area contributed by atoms with E-state index >= 15 is 0 Å². The number of imidazole rings is 1. The highest BCUT2D eigenvalue weighted by atomic mass is 32.2. The molecule has 1 unspecified atom stereocenters. The van der Waals surface area contributed by atoms with Gasteiger partial charge in [0.1, 0.15) is 0 Å². The minimum absolute atomic E-state index is 0.0338. The number of carbonyl (C=O) groups excluding carboxylic acids is 1. The second kappa shape index (κ2) is 7.98. The lowest BCUT2D eigenvalue weighted by atomic mass is 9.48. The van der Waals surface area contributed by atoms with Gasteiger partial charge in [0.05, 0.1) is 15.9 Å². The van der Waals surface area contributed by atoms with E-state index in [4.69, 9.17) is 0 Å². The van der Waals surface area contributed by atoms with Crippen LogP contribution in [0, 0.1) is 23.2 Å². The molecule has 4 fully saturated rings. The Morgan fingerprint density at radius 2 is 1.54 bits per heavy atom. The quantitative estimate of drug-likeness (QED) is 0.414. The molecule has 3 aromatic rings. The van der Waals surface area contributed by atoms with Crippen LogP contribution >= 0.6 is 0 Å². The van der Waals surface area contributed by atoms with Crippen LogP contribution in [0.3, 0.4) is 0 Å². The summed E-state index contributed by atoms with van der Waals surface area (Å²) in [5.41, 5.74) is 1.65. The number of nitrogens with one attached hydrogen (secondary N) is 4. The predicted molar refractivity (Wildman–Crippen MR) is 134 cm³/mol. The van der Waals surface area contributed by atoms with E-state index in [1.165, 1.54) is 50.7 Å². The van der Waals surface area contributed by atoms with Gasteiger partial charge in [0.15, 0.2) is 0 Å². The van der Waals surface area contributed by atoms with Gasteiger partial charge in [-0.2, -0.15) is 0 Å². The Bertz CT molecular complexity index is 1420. The van der Waals surface area contributed by atoms with Crippen molar-refractivity contribution in [3.05, 3.63) is 58.5 Å². The lowest BCUT2D eigenvalue weighted by molar-refractivity contribution is -0.0688. The Kier molecular flexibility index (Phi) is 5.11. The highest BCUT2D eigenvalue weighted by Crippen LogP contribution is 2.61. The Morgan fingerprint density at radius 3 is 2.17 bits per heavy atom. The molecule has 35 heavy (non-hydrogen) atoms. The number of amides is 1. The maximum atomic E-state index is 13.0. The van der Waals surface area contributed by atoms with Crippen LogP contribution in [0.25, 0.3) is 11.0 Å². The van der Waals surface area contributed by atoms with E-state index in [2.05, 4.69) is 26.9 Å². The van der Waals surface area contributed by atoms with E-state index in [-0.39, 0.29) is 22.3 Å². The number of fused-ring (bicyclic) bond motifs is 1. The van der Waals surface area contributed by atoms with Crippen LogP contribution in [0.1, 0.15) is 55.8 Å². The standard InChI is InChI=1S/C26H30N4O4S/c1-15(26-12-16-8-17(13-26)10-18(9-16)14-26)27-24(31)19-2-4-20(5-3-19)30-35(33,34)21-6-7-22-23(11-21)29-25(32)28-22/h2-7,11,15-18,30H,8-10,12-14H2,1H3,(H,27,31)(H2,28,29,32). The molecule has 0 aliphatic heterocycles. The number of H-pyrrole nitrogens is 2. The summed E-state index contributed by atoms with van der Waals surface area (Å²) < 4.78 is 28.2. The molecule has 2 aromatic carbocycles. The molecule has 0 spiro atoms. The zero-order valence-electron chi connectivity index (χ0n) is 19.6. The van der Waals surface area contributed by atoms with Gasteiger partial charge in [-0.25, -0.2) is 13.2 Å². The number of sulfonamides is 1. The second-order valence-corrected chi connectivity index (χ2v) is 12.6. The molecular weight excluding hydrogens is 464 g/mol. The minimum Gasteiger partial charge on any atom is -0.349 e. The first-order valence-electron chi connectivity index (χ1n) is 12.3. The molecule has 1 aromatic heterocycles. The number of hydrogen-bond donors (Lipinski definition) is 4. The highest BCUT2D eigenvalue weighted by Gasteiger charge is 2.53. The number of rotatable bonds is 6. The third kappa shape index (κ3) is 4.05. The first-order chi connectivity index (χ1) is 16.7. The van der Waals surface area contributed by atoms with Crippen molar-refractivity contribution >= 4 is 32.7 Å². The number of benzene rings is 2. The average Bonchev–Trinajstić information content (AvgIpc) is 3.17. The number of aromatic nitrogens is 2. The molecule has 9 heteroatoms. The fourth-order valence-electron chi connectivity index (χ4n) is 7.22. The van der Waals surface area contributed by atoms with E-state index in [0.717, 1.165) is 17.8 Å². The van der Waals surface area contributed by atoms with E-state index in [1.807, 2.05) is 0 Å². The molecule has 4 N–H and O–H groups in total. The Hall–Kier alpha value is -3.07. The molecule has 0 saturated heterocycles. The third-order valence-corrected chi connectivity index (χ3v) is 9.93. The zero-order valence-corrected chi connectivity index (χ0v) is 20.5. The normalized spacial score (nSPS) is 28.2. The molecular formula is C26H30N4O4S. The van der Waals surface area contributed by atoms with Crippen LogP contribution in [0.5, 0.6) is 0 Å². The van der Waals surface area contributed by atoms with Crippen LogP contribution in [0.2, 0.25) is 0 Å². The van der Waals surface area contributed by atoms with Gasteiger partial charge in [0, 0.05) is 17.3 Å². The smallest absolute Gasteiger partial charge is 0.323 e. The summed E-state index contributed by atoms with van der Waals surface area (Å²) in [6.45, 7) is 2.15. The molecule has 1 heterocycles. The SMILES string of the molecule is CC(NC(=O)c1ccc(NS(=O)(=O)c2ccc3[nH]c(=O)[nH]c3c2)cc1)C12CC3CC(CC(C3)C1)C2. The van der Waals surface area contributed by atoms with Crippen molar-refractivity contribution in [3.63, 3.8) is 0 Å². The average molecular weight is 495 g/mol. The van der Waals surface area contributed by atoms with Crippen LogP contribution in [0.15, 0.2) is 52.2 Å². The summed E-state index contributed by atoms with van der Waals surface area (Å²) >= 11 is 0. The summed E-state index contributed by atoms with van der Waals surface area (Å²) in [7, 11) is -3.86. The Balaban J connectivity index is 1.13. The Labute approximate surface area is 204 Å². The molecule has 184 valence electrons. The maximum Gasteiger partial charge on any atom is 0.323 e. The largest absolute Gasteiger partial charge is 0.349 e. The van der Waals surface area contributed by atoms with Crippen molar-refractivity contribution in [1.82, 2.24) is 15.3 Å². The van der Waals surface area contributed by atoms with Gasteiger partial charge < -0.3 is 15.3 Å². The number of aromatic amines is 2. The summed E-state index contributed by atoms with van der Waals surface area (Å²) in [6.07, 6.45) is 7.79. The monoisotopic (exact) mass is 494 g/mol. The third-order valence-electron chi connectivity index (χ3n) is 8.55. The summed E-state index contributed by atoms with van der Waals surface area (Å²) in [5.74, 6) is 2.35. The van der Waals surface area contributed by atoms with Crippen LogP contribution < -0.4 is 15.7 Å².